The first-order valence-electron chi connectivity index (χ1n) is 6.86. The van der Waals surface area contributed by atoms with Gasteiger partial charge in [0.05, 0.1) is 25.8 Å². The molecular weight excluding hydrogens is 302 g/mol. The molecule has 1 aromatic rings. The molecule has 0 saturated carbocycles. The minimum Gasteiger partial charge on any atom is -0.468 e. The van der Waals surface area contributed by atoms with Crippen molar-refractivity contribution in [1.82, 2.24) is 5.32 Å². The quantitative estimate of drug-likeness (QED) is 0.620. The highest BCUT2D eigenvalue weighted by atomic mass is 16.5. The number of hydrogen-bond acceptors (Lipinski definition) is 6. The second kappa shape index (κ2) is 8.07. The summed E-state index contributed by atoms with van der Waals surface area (Å²) in [7, 11) is 2.37. The van der Waals surface area contributed by atoms with Crippen LogP contribution in [0.4, 0.5) is 0 Å². The molecule has 0 aliphatic rings. The third-order valence-corrected chi connectivity index (χ3v) is 3.29. The first-order valence-corrected chi connectivity index (χ1v) is 6.86. The molecule has 1 aromatic carbocycles. The Morgan fingerprint density at radius 2 is 1.61 bits per heavy atom. The van der Waals surface area contributed by atoms with Crippen LogP contribution in [0.3, 0.4) is 0 Å². The Labute approximate surface area is 134 Å². The van der Waals surface area contributed by atoms with Crippen LogP contribution >= 0.6 is 0 Å². The largest absolute Gasteiger partial charge is 0.468 e. The standard InChI is InChI=1S/C16H19NO6/c1-9(18)13(16(21)23-4)14(17-10(2)19)11-7-5-6-8-12(11)15(20)22-3/h5-8,13-14H,1-4H3,(H,17,19)/t13-,14-/m1/s1. The maximum atomic E-state index is 12.0. The SMILES string of the molecule is COC(=O)c1ccccc1[C@@H](NC(C)=O)[C@@H](C(C)=O)C(=O)OC. The second-order valence-electron chi connectivity index (χ2n) is 4.87. The lowest BCUT2D eigenvalue weighted by atomic mass is 9.87. The predicted molar refractivity (Wildman–Crippen MR) is 80.5 cm³/mol. The number of ether oxygens (including phenoxy) is 2. The Bertz CT molecular complexity index is 625. The fourth-order valence-electron chi connectivity index (χ4n) is 2.29. The number of benzene rings is 1. The van der Waals surface area contributed by atoms with Crippen molar-refractivity contribution in [3.8, 4) is 0 Å². The summed E-state index contributed by atoms with van der Waals surface area (Å²) < 4.78 is 9.36. The van der Waals surface area contributed by atoms with Gasteiger partial charge in [-0.15, -0.1) is 0 Å². The number of ketones is 1. The van der Waals surface area contributed by atoms with Crippen molar-refractivity contribution in [3.05, 3.63) is 35.4 Å². The van der Waals surface area contributed by atoms with Crippen molar-refractivity contribution in [2.45, 2.75) is 19.9 Å². The number of rotatable bonds is 6. The molecule has 124 valence electrons. The summed E-state index contributed by atoms with van der Waals surface area (Å²) in [5.41, 5.74) is 0.462. The highest BCUT2D eigenvalue weighted by Crippen LogP contribution is 2.28. The third-order valence-electron chi connectivity index (χ3n) is 3.29. The van der Waals surface area contributed by atoms with Gasteiger partial charge in [0, 0.05) is 6.92 Å². The van der Waals surface area contributed by atoms with Gasteiger partial charge in [-0.1, -0.05) is 18.2 Å². The number of nitrogens with one attached hydrogen (secondary N) is 1. The number of carbonyl (C=O) groups excluding carboxylic acids is 4. The Balaban J connectivity index is 3.48. The molecule has 0 radical (unpaired) electrons. The van der Waals surface area contributed by atoms with E-state index in [2.05, 4.69) is 10.1 Å². The summed E-state index contributed by atoms with van der Waals surface area (Å²) >= 11 is 0. The Morgan fingerprint density at radius 3 is 2.09 bits per heavy atom. The van der Waals surface area contributed by atoms with Crippen molar-refractivity contribution < 1.29 is 28.7 Å². The first kappa shape index (κ1) is 18.3. The van der Waals surface area contributed by atoms with Crippen LogP contribution in [-0.4, -0.2) is 37.8 Å². The van der Waals surface area contributed by atoms with Crippen molar-refractivity contribution in [2.24, 2.45) is 5.92 Å². The van der Waals surface area contributed by atoms with Gasteiger partial charge in [0.15, 0.2) is 0 Å². The molecule has 0 saturated heterocycles. The van der Waals surface area contributed by atoms with Crippen LogP contribution in [0, 0.1) is 5.92 Å². The van der Waals surface area contributed by atoms with Crippen LogP contribution in [0.1, 0.15) is 35.8 Å². The average Bonchev–Trinajstić information content (AvgIpc) is 2.52. The highest BCUT2D eigenvalue weighted by molar-refractivity contribution is 6.00. The van der Waals surface area contributed by atoms with Crippen LogP contribution in [0.5, 0.6) is 0 Å². The van der Waals surface area contributed by atoms with Crippen LogP contribution in [0.15, 0.2) is 24.3 Å². The lowest BCUT2D eigenvalue weighted by Gasteiger charge is -2.25. The van der Waals surface area contributed by atoms with Crippen molar-refractivity contribution in [1.29, 1.82) is 0 Å². The molecule has 7 heteroatoms. The first-order chi connectivity index (χ1) is 10.8. The van der Waals surface area contributed by atoms with E-state index in [1.807, 2.05) is 0 Å². The van der Waals surface area contributed by atoms with E-state index in [1.165, 1.54) is 27.0 Å². The van der Waals surface area contributed by atoms with Crippen molar-refractivity contribution >= 4 is 23.6 Å². The topological polar surface area (TPSA) is 98.8 Å². The van der Waals surface area contributed by atoms with Gasteiger partial charge >= 0.3 is 11.9 Å². The maximum absolute atomic E-state index is 12.0. The van der Waals surface area contributed by atoms with Gasteiger partial charge in [-0.05, 0) is 18.6 Å². The van der Waals surface area contributed by atoms with Crippen LogP contribution in [-0.2, 0) is 23.9 Å². The van der Waals surface area contributed by atoms with E-state index in [9.17, 15) is 19.2 Å². The van der Waals surface area contributed by atoms with E-state index in [0.29, 0.717) is 5.56 Å². The fraction of sp³-hybridized carbons (Fsp3) is 0.375. The van der Waals surface area contributed by atoms with Crippen LogP contribution < -0.4 is 5.32 Å². The molecular formula is C16H19NO6. The summed E-state index contributed by atoms with van der Waals surface area (Å²) in [6.45, 7) is 2.47. The molecule has 23 heavy (non-hydrogen) atoms. The molecule has 0 aliphatic carbocycles. The number of esters is 2. The van der Waals surface area contributed by atoms with Gasteiger partial charge in [0.25, 0.3) is 0 Å². The molecule has 0 aliphatic heterocycles. The van der Waals surface area contributed by atoms with E-state index in [-0.39, 0.29) is 5.56 Å². The fourth-order valence-corrected chi connectivity index (χ4v) is 2.29. The molecule has 2 atom stereocenters. The number of hydrogen-bond donors (Lipinski definition) is 1. The molecule has 1 rings (SSSR count). The maximum Gasteiger partial charge on any atom is 0.338 e. The number of Topliss-reactive ketones (excluding diaryl/α,β-unsaturated/α-hetero) is 1. The minimum absolute atomic E-state index is 0.156. The van der Waals surface area contributed by atoms with Crippen LogP contribution in [0.2, 0.25) is 0 Å². The lowest BCUT2D eigenvalue weighted by Crippen LogP contribution is -2.40. The van der Waals surface area contributed by atoms with Crippen molar-refractivity contribution in [3.63, 3.8) is 0 Å². The van der Waals surface area contributed by atoms with E-state index in [4.69, 9.17) is 4.74 Å². The van der Waals surface area contributed by atoms with Gasteiger partial charge in [-0.2, -0.15) is 0 Å². The summed E-state index contributed by atoms with van der Waals surface area (Å²) in [6.07, 6.45) is 0. The minimum atomic E-state index is -1.27. The zero-order chi connectivity index (χ0) is 17.6. The number of amides is 1. The number of methoxy groups -OCH3 is 2. The number of carbonyl (C=O) groups is 4. The normalized spacial score (nSPS) is 12.7. The predicted octanol–water partition coefficient (Wildman–Crippen LogP) is 1.03. The van der Waals surface area contributed by atoms with Gasteiger partial charge in [0.2, 0.25) is 5.91 Å². The zero-order valence-electron chi connectivity index (χ0n) is 13.4. The van der Waals surface area contributed by atoms with Gasteiger partial charge in [0.1, 0.15) is 11.7 Å². The Morgan fingerprint density at radius 1 is 1.00 bits per heavy atom. The zero-order valence-corrected chi connectivity index (χ0v) is 13.4. The second-order valence-corrected chi connectivity index (χ2v) is 4.87. The summed E-state index contributed by atoms with van der Waals surface area (Å²) in [5.74, 6) is -3.64. The molecule has 0 aromatic heterocycles. The monoisotopic (exact) mass is 321 g/mol. The summed E-state index contributed by atoms with van der Waals surface area (Å²) in [6, 6.07) is 5.25. The average molecular weight is 321 g/mol. The van der Waals surface area contributed by atoms with Crippen LogP contribution in [0.25, 0.3) is 0 Å². The molecule has 0 unspecified atom stereocenters. The van der Waals surface area contributed by atoms with E-state index in [0.717, 1.165) is 7.11 Å². The molecule has 0 fully saturated rings. The molecule has 1 amide bonds. The summed E-state index contributed by atoms with van der Waals surface area (Å²) in [4.78, 5) is 47.4. The molecule has 7 nitrogen and oxygen atoms in total. The van der Waals surface area contributed by atoms with E-state index < -0.39 is 35.6 Å². The smallest absolute Gasteiger partial charge is 0.338 e. The van der Waals surface area contributed by atoms with Gasteiger partial charge in [-0.25, -0.2) is 4.79 Å². The molecule has 1 N–H and O–H groups in total. The van der Waals surface area contributed by atoms with E-state index >= 15 is 0 Å². The summed E-state index contributed by atoms with van der Waals surface area (Å²) in [5, 5.41) is 2.54. The third kappa shape index (κ3) is 4.38. The van der Waals surface area contributed by atoms with Gasteiger partial charge < -0.3 is 14.8 Å². The lowest BCUT2D eigenvalue weighted by molar-refractivity contribution is -0.150. The Kier molecular flexibility index (Phi) is 6.44. The molecule has 0 bridgehead atoms. The van der Waals surface area contributed by atoms with Crippen molar-refractivity contribution in [2.75, 3.05) is 14.2 Å². The highest BCUT2D eigenvalue weighted by Gasteiger charge is 2.37. The van der Waals surface area contributed by atoms with Gasteiger partial charge in [-0.3, -0.25) is 14.4 Å². The molecule has 0 heterocycles. The van der Waals surface area contributed by atoms with E-state index in [1.54, 1.807) is 18.2 Å². The Hall–Kier alpha value is -2.70. The molecule has 0 spiro atoms.